The van der Waals surface area contributed by atoms with Crippen molar-refractivity contribution in [2.24, 2.45) is 0 Å². The molecule has 7 heteroatoms. The van der Waals surface area contributed by atoms with Gasteiger partial charge in [-0.25, -0.2) is 4.39 Å². The lowest BCUT2D eigenvalue weighted by Gasteiger charge is -2.06. The zero-order valence-corrected chi connectivity index (χ0v) is 11.7. The van der Waals surface area contributed by atoms with E-state index >= 15 is 0 Å². The Labute approximate surface area is 121 Å². The average Bonchev–Trinajstić information content (AvgIpc) is 2.90. The summed E-state index contributed by atoms with van der Waals surface area (Å²) in [4.78, 5) is 11.8. The smallest absolute Gasteiger partial charge is 0.224 e. The third-order valence-electron chi connectivity index (χ3n) is 3.08. The number of aromatic hydroxyl groups is 1. The molecule has 0 unspecified atom stereocenters. The Balaban J connectivity index is 1.81. The molecule has 0 spiro atoms. The van der Waals surface area contributed by atoms with Crippen LogP contribution in [0.5, 0.6) is 5.75 Å². The van der Waals surface area contributed by atoms with Crippen molar-refractivity contribution in [3.63, 3.8) is 0 Å². The highest BCUT2D eigenvalue weighted by Crippen LogP contribution is 2.16. The lowest BCUT2D eigenvalue weighted by Crippen LogP contribution is -2.28. The topological polar surface area (TPSA) is 80.0 Å². The summed E-state index contributed by atoms with van der Waals surface area (Å²) in [6, 6.07) is 3.91. The van der Waals surface area contributed by atoms with Crippen molar-refractivity contribution in [2.75, 3.05) is 6.54 Å². The predicted octanol–water partition coefficient (Wildman–Crippen LogP) is 1.04. The summed E-state index contributed by atoms with van der Waals surface area (Å²) in [6.45, 7) is 3.21. The molecule has 0 saturated carbocycles. The molecule has 0 aliphatic heterocycles. The van der Waals surface area contributed by atoms with Crippen LogP contribution in [0.15, 0.2) is 24.5 Å². The van der Waals surface area contributed by atoms with E-state index in [0.29, 0.717) is 18.5 Å². The molecular weight excluding hydrogens is 275 g/mol. The fraction of sp³-hybridized carbons (Fsp3) is 0.357. The van der Waals surface area contributed by atoms with Crippen LogP contribution in [0.4, 0.5) is 4.39 Å². The van der Waals surface area contributed by atoms with Crippen molar-refractivity contribution in [1.29, 1.82) is 0 Å². The number of phenolic OH excluding ortho intramolecular Hbond substituents is 1. The largest absolute Gasteiger partial charge is 0.505 e. The van der Waals surface area contributed by atoms with Crippen molar-refractivity contribution in [3.05, 3.63) is 41.7 Å². The fourth-order valence-electron chi connectivity index (χ4n) is 1.96. The standard InChI is InChI=1S/C14H17FN4O2/c1-2-19-9-17-18-13(19)5-6-16-14(21)8-10-3-4-12(20)11(15)7-10/h3-4,7,9,20H,2,5-6,8H2,1H3,(H,16,21). The van der Waals surface area contributed by atoms with Gasteiger partial charge in [-0.3, -0.25) is 4.79 Å². The van der Waals surface area contributed by atoms with Crippen LogP contribution in [-0.4, -0.2) is 32.3 Å². The molecule has 0 aliphatic carbocycles. The van der Waals surface area contributed by atoms with Gasteiger partial charge in [0, 0.05) is 19.5 Å². The van der Waals surface area contributed by atoms with Gasteiger partial charge < -0.3 is 15.0 Å². The molecule has 0 bridgehead atoms. The highest BCUT2D eigenvalue weighted by atomic mass is 19.1. The fourth-order valence-corrected chi connectivity index (χ4v) is 1.96. The number of carbonyl (C=O) groups excluding carboxylic acids is 1. The molecule has 2 rings (SSSR count). The minimum absolute atomic E-state index is 0.0671. The van der Waals surface area contributed by atoms with Gasteiger partial charge in [-0.1, -0.05) is 6.07 Å². The highest BCUT2D eigenvalue weighted by molar-refractivity contribution is 5.78. The second-order valence-corrected chi connectivity index (χ2v) is 4.60. The molecule has 6 nitrogen and oxygen atoms in total. The molecule has 1 aromatic heterocycles. The maximum atomic E-state index is 13.2. The van der Waals surface area contributed by atoms with Crippen LogP contribution < -0.4 is 5.32 Å². The van der Waals surface area contributed by atoms with Gasteiger partial charge in [-0.2, -0.15) is 0 Å². The Hall–Kier alpha value is -2.44. The van der Waals surface area contributed by atoms with Gasteiger partial charge in [-0.15, -0.1) is 10.2 Å². The number of rotatable bonds is 6. The van der Waals surface area contributed by atoms with E-state index in [9.17, 15) is 9.18 Å². The number of hydrogen-bond donors (Lipinski definition) is 2. The van der Waals surface area contributed by atoms with E-state index < -0.39 is 11.6 Å². The van der Waals surface area contributed by atoms with E-state index in [4.69, 9.17) is 5.11 Å². The van der Waals surface area contributed by atoms with Gasteiger partial charge in [0.2, 0.25) is 5.91 Å². The van der Waals surface area contributed by atoms with E-state index in [1.165, 1.54) is 12.1 Å². The molecule has 0 atom stereocenters. The molecule has 0 aliphatic rings. The van der Waals surface area contributed by atoms with Crippen molar-refractivity contribution in [3.8, 4) is 5.75 Å². The number of carbonyl (C=O) groups is 1. The SMILES string of the molecule is CCn1cnnc1CCNC(=O)Cc1ccc(O)c(F)c1. The van der Waals surface area contributed by atoms with Gasteiger partial charge in [0.1, 0.15) is 12.2 Å². The Morgan fingerprint density at radius 1 is 1.48 bits per heavy atom. The summed E-state index contributed by atoms with van der Waals surface area (Å²) < 4.78 is 15.1. The Morgan fingerprint density at radius 2 is 2.29 bits per heavy atom. The number of phenols is 1. The molecule has 1 heterocycles. The second-order valence-electron chi connectivity index (χ2n) is 4.60. The van der Waals surface area contributed by atoms with Gasteiger partial charge in [0.05, 0.1) is 6.42 Å². The second kappa shape index (κ2) is 6.83. The lowest BCUT2D eigenvalue weighted by molar-refractivity contribution is -0.120. The number of amides is 1. The molecule has 2 N–H and O–H groups in total. The van der Waals surface area contributed by atoms with Crippen LogP contribution in [-0.2, 0) is 24.2 Å². The van der Waals surface area contributed by atoms with Crippen molar-refractivity contribution in [2.45, 2.75) is 26.3 Å². The van der Waals surface area contributed by atoms with Crippen LogP contribution >= 0.6 is 0 Å². The Bertz CT molecular complexity index is 627. The van der Waals surface area contributed by atoms with Crippen molar-refractivity contribution in [1.82, 2.24) is 20.1 Å². The summed E-state index contributed by atoms with van der Waals surface area (Å²) >= 11 is 0. The van der Waals surface area contributed by atoms with E-state index in [2.05, 4.69) is 15.5 Å². The molecular formula is C14H17FN4O2. The first-order valence-corrected chi connectivity index (χ1v) is 6.71. The summed E-state index contributed by atoms with van der Waals surface area (Å²) in [5, 5.41) is 19.6. The summed E-state index contributed by atoms with van der Waals surface area (Å²) in [7, 11) is 0. The van der Waals surface area contributed by atoms with Crippen LogP contribution in [0.2, 0.25) is 0 Å². The average molecular weight is 292 g/mol. The number of hydrogen-bond acceptors (Lipinski definition) is 4. The summed E-state index contributed by atoms with van der Waals surface area (Å²) in [5.74, 6) is -0.537. The molecule has 1 amide bonds. The van der Waals surface area contributed by atoms with Gasteiger partial charge in [-0.05, 0) is 24.6 Å². The summed E-state index contributed by atoms with van der Waals surface area (Å²) in [6.07, 6.45) is 2.30. The van der Waals surface area contributed by atoms with E-state index in [0.717, 1.165) is 18.4 Å². The molecule has 112 valence electrons. The minimum Gasteiger partial charge on any atom is -0.505 e. The lowest BCUT2D eigenvalue weighted by atomic mass is 10.1. The van der Waals surface area contributed by atoms with Crippen LogP contribution in [0.3, 0.4) is 0 Å². The normalized spacial score (nSPS) is 10.6. The number of aromatic nitrogens is 3. The third kappa shape index (κ3) is 4.01. The van der Waals surface area contributed by atoms with Crippen LogP contribution in [0.1, 0.15) is 18.3 Å². The number of aryl methyl sites for hydroxylation is 1. The molecule has 21 heavy (non-hydrogen) atoms. The highest BCUT2D eigenvalue weighted by Gasteiger charge is 2.08. The maximum absolute atomic E-state index is 13.2. The molecule has 0 saturated heterocycles. The number of nitrogens with zero attached hydrogens (tertiary/aromatic N) is 3. The first-order chi connectivity index (χ1) is 10.1. The van der Waals surface area contributed by atoms with Crippen LogP contribution in [0, 0.1) is 5.82 Å². The number of benzene rings is 1. The first kappa shape index (κ1) is 15.0. The predicted molar refractivity (Wildman–Crippen MR) is 74.2 cm³/mol. The third-order valence-corrected chi connectivity index (χ3v) is 3.08. The molecule has 2 aromatic rings. The molecule has 0 fully saturated rings. The quantitative estimate of drug-likeness (QED) is 0.834. The number of halogens is 1. The van der Waals surface area contributed by atoms with E-state index in [1.54, 1.807) is 6.33 Å². The number of nitrogens with one attached hydrogen (secondary N) is 1. The molecule has 1 aromatic carbocycles. The van der Waals surface area contributed by atoms with Gasteiger partial charge in [0.25, 0.3) is 0 Å². The zero-order valence-electron chi connectivity index (χ0n) is 11.7. The maximum Gasteiger partial charge on any atom is 0.224 e. The summed E-state index contributed by atoms with van der Waals surface area (Å²) in [5.41, 5.74) is 0.513. The van der Waals surface area contributed by atoms with Gasteiger partial charge in [0.15, 0.2) is 11.6 Å². The van der Waals surface area contributed by atoms with E-state index in [1.807, 2.05) is 11.5 Å². The van der Waals surface area contributed by atoms with Crippen molar-refractivity contribution < 1.29 is 14.3 Å². The van der Waals surface area contributed by atoms with Crippen molar-refractivity contribution >= 4 is 5.91 Å². The minimum atomic E-state index is -0.726. The van der Waals surface area contributed by atoms with Gasteiger partial charge >= 0.3 is 0 Å². The Kier molecular flexibility index (Phi) is 4.86. The first-order valence-electron chi connectivity index (χ1n) is 6.71. The molecule has 0 radical (unpaired) electrons. The monoisotopic (exact) mass is 292 g/mol. The Morgan fingerprint density at radius 3 is 3.00 bits per heavy atom. The zero-order chi connectivity index (χ0) is 15.2. The van der Waals surface area contributed by atoms with E-state index in [-0.39, 0.29) is 12.3 Å². The van der Waals surface area contributed by atoms with Crippen LogP contribution in [0.25, 0.3) is 0 Å².